The number of para-hydroxylation sites is 2. The van der Waals surface area contributed by atoms with Crippen molar-refractivity contribution in [2.45, 2.75) is 129 Å². The van der Waals surface area contributed by atoms with Gasteiger partial charge in [0.05, 0.1) is 0 Å². The Morgan fingerprint density at radius 3 is 1.01 bits per heavy atom. The van der Waals surface area contributed by atoms with Gasteiger partial charge in [-0.3, -0.25) is 0 Å². The van der Waals surface area contributed by atoms with Crippen LogP contribution in [0.5, 0.6) is 11.5 Å². The summed E-state index contributed by atoms with van der Waals surface area (Å²) in [7, 11) is 0.353. The number of fused-ring (bicyclic) bond motifs is 6. The topological polar surface area (TPSA) is 83.8 Å². The summed E-state index contributed by atoms with van der Waals surface area (Å²) in [5.74, 6) is 5.35. The van der Waals surface area contributed by atoms with Crippen molar-refractivity contribution in [2.75, 3.05) is 14.2 Å². The molecule has 2 N–H and O–H groups in total. The number of aldehydes is 2. The number of carbonyl (C=O) groups is 2. The van der Waals surface area contributed by atoms with Gasteiger partial charge < -0.3 is 54.2 Å². The first-order valence-corrected chi connectivity index (χ1v) is 34.8. The van der Waals surface area contributed by atoms with Gasteiger partial charge in [0, 0.05) is 53.7 Å². The van der Waals surface area contributed by atoms with E-state index in [4.69, 9.17) is 14.9 Å². The summed E-state index contributed by atoms with van der Waals surface area (Å²) in [5, 5.41) is 21.8. The number of ether oxygens (including phenoxy) is 1. The van der Waals surface area contributed by atoms with Crippen LogP contribution in [0.25, 0.3) is 0 Å². The molecule has 1 aliphatic heterocycles. The zero-order chi connectivity index (χ0) is 63.0. The molecule has 94 heavy (non-hydrogen) atoms. The molecule has 0 spiro atoms. The van der Waals surface area contributed by atoms with Crippen molar-refractivity contribution in [1.82, 2.24) is 0 Å². The van der Waals surface area contributed by atoms with E-state index in [-0.39, 0.29) is 74.1 Å². The summed E-state index contributed by atoms with van der Waals surface area (Å²) < 4.78 is 7.26. The molecule has 3 unspecified atom stereocenters. The van der Waals surface area contributed by atoms with Gasteiger partial charge in [-0.2, -0.15) is 0 Å². The number of allylic oxidation sites excluding steroid dienone is 15. The number of hydrogen-bond acceptors (Lipinski definition) is 5. The number of aliphatic hydroxyl groups excluding tert-OH is 2. The molecule has 1 heterocycles. The van der Waals surface area contributed by atoms with Gasteiger partial charge in [-0.25, -0.2) is 0 Å². The Morgan fingerprint density at radius 1 is 0.468 bits per heavy atom. The predicted molar refractivity (Wildman–Crippen MR) is 409 cm³/mol. The number of carbonyl (C=O) groups excluding carboxylic acids is 2. The number of rotatable bonds is 11. The van der Waals surface area contributed by atoms with Crippen molar-refractivity contribution >= 4 is 60.2 Å². The largest absolute Gasteiger partial charge is 2.00 e. The first-order valence-electron chi connectivity index (χ1n) is 32.1. The quantitative estimate of drug-likeness (QED) is 0.0337. The third kappa shape index (κ3) is 29.0. The number of benzene rings is 6. The van der Waals surface area contributed by atoms with Crippen molar-refractivity contribution < 1.29 is 63.5 Å². The van der Waals surface area contributed by atoms with Crippen LogP contribution in [-0.4, -0.2) is 37.0 Å². The summed E-state index contributed by atoms with van der Waals surface area (Å²) in [5.41, 5.74) is 2.26. The molecule has 4 bridgehead atoms. The van der Waals surface area contributed by atoms with Gasteiger partial charge in [0.1, 0.15) is 24.1 Å². The Morgan fingerprint density at radius 2 is 0.798 bits per heavy atom. The van der Waals surface area contributed by atoms with Gasteiger partial charge in [-0.15, -0.1) is 6.58 Å². The zero-order valence-electron chi connectivity index (χ0n) is 58.2. The van der Waals surface area contributed by atoms with Gasteiger partial charge in [-0.1, -0.05) is 283 Å². The van der Waals surface area contributed by atoms with E-state index in [9.17, 15) is 9.59 Å². The van der Waals surface area contributed by atoms with Gasteiger partial charge in [-0.05, 0) is 144 Å². The monoisotopic (exact) mass is 1480 g/mol. The van der Waals surface area contributed by atoms with Crippen LogP contribution in [0.2, 0.25) is 0 Å². The number of unbranched alkanes of at least 4 members (excludes halogenated alkanes) is 2. The molecule has 7 aliphatic rings. The Hall–Kier alpha value is -5.59. The molecule has 6 aromatic carbocycles. The minimum Gasteiger partial charge on any atom is -0.455 e. The van der Waals surface area contributed by atoms with Crippen molar-refractivity contribution in [2.24, 2.45) is 29.6 Å². The Balaban J connectivity index is 0. The fourth-order valence-electron chi connectivity index (χ4n) is 11.3. The summed E-state index contributed by atoms with van der Waals surface area (Å²) >= 11 is 0. The van der Waals surface area contributed by atoms with Gasteiger partial charge in [0.2, 0.25) is 0 Å². The molecule has 510 valence electrons. The first kappa shape index (κ1) is 90.5. The van der Waals surface area contributed by atoms with E-state index in [1.54, 1.807) is 0 Å². The van der Waals surface area contributed by atoms with Gasteiger partial charge in [0.25, 0.3) is 0 Å². The van der Waals surface area contributed by atoms with E-state index >= 15 is 0 Å². The molecule has 1 saturated carbocycles. The SMILES string of the molecule is C1=CC2C=CC1C2.C1=CCC/C=C\CC1.C1=CCC/C=C\CC1.C=CCC.CC1(C)c2cccc(P(c3ccccc3)c3ccccc3)c2Oc2c(P(c3ccccc3)c3ccccc3)cccc21.CCCCC=O.CO.CO.O=CC1CC2C=CC1C2.[CH3-].[CH3-].[CH3-].[CH3-].[Rh+2].[Rh+2]. The van der Waals surface area contributed by atoms with E-state index in [0.717, 1.165) is 88.1 Å². The summed E-state index contributed by atoms with van der Waals surface area (Å²) in [6.45, 7) is 12.3. The maximum absolute atomic E-state index is 10.4. The maximum Gasteiger partial charge on any atom is 2.00 e. The van der Waals surface area contributed by atoms with E-state index < -0.39 is 15.8 Å². The van der Waals surface area contributed by atoms with Crippen molar-refractivity contribution in [1.29, 1.82) is 0 Å². The number of aliphatic hydroxyl groups is 2. The molecule has 2 radical (unpaired) electrons. The second-order valence-electron chi connectivity index (χ2n) is 22.7. The van der Waals surface area contributed by atoms with Crippen LogP contribution >= 0.6 is 15.8 Å². The molecule has 5 nitrogen and oxygen atoms in total. The smallest absolute Gasteiger partial charge is 0.455 e. The van der Waals surface area contributed by atoms with Crippen molar-refractivity contribution in [3.8, 4) is 11.5 Å². The third-order valence-electron chi connectivity index (χ3n) is 16.0. The van der Waals surface area contributed by atoms with E-state index in [1.807, 2.05) is 6.08 Å². The molecule has 0 aromatic heterocycles. The average molecular weight is 1480 g/mol. The molecule has 1 fully saturated rings. The predicted octanol–water partition coefficient (Wildman–Crippen LogP) is 20.1. The average Bonchev–Trinajstić information content (AvgIpc) is 0.909. The second-order valence-corrected chi connectivity index (χ2v) is 27.0. The molecule has 0 saturated heterocycles. The standard InChI is InChI=1S/C39H32OP2.C8H10O.2C8H12.C7H8.C5H10O.C4H8.2CH4O.4CH3.2Rh/c1-39(2)33-25-15-27-35(41(29-17-7-3-8-18-29)30-19-9-4-10-20-30)37(33)40-38-34(39)26-16-28-36(38)42(31-21-11-5-12-22-31)32-23-13-6-14-24-32;9-5-8-4-6-1-2-7(8)3-6;2*1-2-4-6-8-7-5-3-1;1-2-7-4-3-6(1)5-7;1-2-3-4-5-6;1-3-4-2;2*1-2;;;;;;/h3-28H,1-2H3;1-2,5-8H,3-4H2;2*1-2,7-8H,3-6H2;1-4,6-7H,5H2;5H,2-4H2,1H3;3H,1,4H2,2H3;2*2H,1H3;4*1H3;;/q;;;;;;;;;4*-1;2*+2/b;;2*2-1-,8-7?;;;;;;;;;;;. The second kappa shape index (κ2) is 53.5. The molecule has 3 atom stereocenters. The van der Waals surface area contributed by atoms with Crippen LogP contribution in [0.1, 0.15) is 135 Å². The molecule has 13 rings (SSSR count). The third-order valence-corrected chi connectivity index (χ3v) is 20.9. The van der Waals surface area contributed by atoms with Crippen LogP contribution in [0.4, 0.5) is 0 Å². The summed E-state index contributed by atoms with van der Waals surface area (Å²) in [6, 6.07) is 57.2. The zero-order valence-corrected chi connectivity index (χ0v) is 63.3. The van der Waals surface area contributed by atoms with E-state index in [2.05, 4.69) is 277 Å². The molecule has 6 aliphatic carbocycles. The minimum absolute atomic E-state index is 0. The van der Waals surface area contributed by atoms with Gasteiger partial charge >= 0.3 is 39.0 Å². The minimum atomic E-state index is -0.824. The Bertz CT molecular complexity index is 2810. The van der Waals surface area contributed by atoms with Gasteiger partial charge in [0.15, 0.2) is 0 Å². The fourth-order valence-corrected chi connectivity index (χ4v) is 16.1. The van der Waals surface area contributed by atoms with Crippen LogP contribution < -0.4 is 36.6 Å². The van der Waals surface area contributed by atoms with Crippen LogP contribution in [0.3, 0.4) is 0 Å². The fraction of sp³-hybridized carbons (Fsp3) is 0.318. The van der Waals surface area contributed by atoms with Crippen molar-refractivity contribution in [3.05, 3.63) is 296 Å². The molecule has 6 aromatic rings. The normalized spacial score (nSPS) is 18.6. The number of hydrogen-bond donors (Lipinski definition) is 2. The molecule has 9 heteroatoms. The van der Waals surface area contributed by atoms with Crippen LogP contribution in [0.15, 0.2) is 255 Å². The molecular weight excluding hydrogens is 1370 g/mol. The summed E-state index contributed by atoms with van der Waals surface area (Å²) in [4.78, 5) is 19.9. The Labute approximate surface area is 600 Å². The van der Waals surface area contributed by atoms with Crippen LogP contribution in [0, 0.1) is 59.3 Å². The molecule has 0 amide bonds. The molecular formula is C85H112O5P2Rh2. The van der Waals surface area contributed by atoms with Crippen molar-refractivity contribution in [3.63, 3.8) is 0 Å². The van der Waals surface area contributed by atoms with Crippen LogP contribution in [-0.2, 0) is 54.0 Å². The van der Waals surface area contributed by atoms with E-state index in [1.165, 1.54) is 107 Å². The Kier molecular flexibility index (Phi) is 51.5. The summed E-state index contributed by atoms with van der Waals surface area (Å²) in [6.07, 6.45) is 53.3. The maximum atomic E-state index is 10.4. The van der Waals surface area contributed by atoms with E-state index in [0.29, 0.717) is 11.8 Å². The first-order chi connectivity index (χ1) is 43.3.